The van der Waals surface area contributed by atoms with Gasteiger partial charge in [0.15, 0.2) is 11.5 Å². The zero-order chi connectivity index (χ0) is 15.9. The van der Waals surface area contributed by atoms with Crippen LogP contribution in [0.2, 0.25) is 0 Å². The molecular weight excluding hydrogens is 280 g/mol. The molecule has 0 saturated carbocycles. The molecule has 0 aliphatic carbocycles. The first-order valence-corrected chi connectivity index (χ1v) is 7.20. The lowest BCUT2D eigenvalue weighted by Gasteiger charge is -2.15. The van der Waals surface area contributed by atoms with Gasteiger partial charge in [0.2, 0.25) is 5.75 Å². The Bertz CT molecular complexity index is 600. The van der Waals surface area contributed by atoms with Crippen LogP contribution in [0.5, 0.6) is 23.0 Å². The molecule has 0 atom stereocenters. The molecule has 0 bridgehead atoms. The summed E-state index contributed by atoms with van der Waals surface area (Å²) in [5, 5.41) is 0. The quantitative estimate of drug-likeness (QED) is 0.729. The van der Waals surface area contributed by atoms with Gasteiger partial charge in [-0.15, -0.1) is 0 Å². The molecule has 22 heavy (non-hydrogen) atoms. The van der Waals surface area contributed by atoms with Gasteiger partial charge in [0.05, 0.1) is 14.2 Å². The van der Waals surface area contributed by atoms with Gasteiger partial charge in [0.1, 0.15) is 19.0 Å². The van der Waals surface area contributed by atoms with Crippen LogP contribution >= 0.6 is 0 Å². The summed E-state index contributed by atoms with van der Waals surface area (Å²) in [7, 11) is 3.21. The number of para-hydroxylation sites is 1. The lowest BCUT2D eigenvalue weighted by Crippen LogP contribution is -2.11. The van der Waals surface area contributed by atoms with Crippen LogP contribution in [0.1, 0.15) is 11.1 Å². The van der Waals surface area contributed by atoms with Gasteiger partial charge in [-0.2, -0.15) is 0 Å². The van der Waals surface area contributed by atoms with Crippen molar-refractivity contribution in [2.24, 2.45) is 0 Å². The fourth-order valence-corrected chi connectivity index (χ4v) is 2.14. The number of benzene rings is 2. The molecule has 0 unspecified atom stereocenters. The van der Waals surface area contributed by atoms with E-state index in [4.69, 9.17) is 18.9 Å². The monoisotopic (exact) mass is 302 g/mol. The van der Waals surface area contributed by atoms with Crippen LogP contribution in [0, 0.1) is 13.8 Å². The zero-order valence-electron chi connectivity index (χ0n) is 13.5. The Labute approximate surface area is 131 Å². The van der Waals surface area contributed by atoms with Crippen molar-refractivity contribution in [2.75, 3.05) is 27.4 Å². The highest BCUT2D eigenvalue weighted by Crippen LogP contribution is 2.36. The van der Waals surface area contributed by atoms with Crippen LogP contribution in [0.25, 0.3) is 0 Å². The van der Waals surface area contributed by atoms with E-state index < -0.39 is 0 Å². The van der Waals surface area contributed by atoms with Gasteiger partial charge in [-0.05, 0) is 43.2 Å². The summed E-state index contributed by atoms with van der Waals surface area (Å²) in [5.41, 5.74) is 2.36. The maximum Gasteiger partial charge on any atom is 0.203 e. The summed E-state index contributed by atoms with van der Waals surface area (Å²) < 4.78 is 22.1. The largest absolute Gasteiger partial charge is 0.493 e. The van der Waals surface area contributed by atoms with E-state index in [1.807, 2.05) is 30.3 Å². The Morgan fingerprint density at radius 3 is 1.91 bits per heavy atom. The van der Waals surface area contributed by atoms with Crippen molar-refractivity contribution in [3.05, 3.63) is 47.5 Å². The van der Waals surface area contributed by atoms with Crippen molar-refractivity contribution in [1.82, 2.24) is 0 Å². The Morgan fingerprint density at radius 1 is 0.727 bits per heavy atom. The normalized spacial score (nSPS) is 10.2. The molecule has 0 aliphatic rings. The average molecular weight is 302 g/mol. The smallest absolute Gasteiger partial charge is 0.203 e. The summed E-state index contributed by atoms with van der Waals surface area (Å²) in [4.78, 5) is 0. The van der Waals surface area contributed by atoms with Crippen molar-refractivity contribution in [3.63, 3.8) is 0 Å². The van der Waals surface area contributed by atoms with E-state index in [1.165, 1.54) is 5.56 Å². The van der Waals surface area contributed by atoms with Crippen LogP contribution in [-0.4, -0.2) is 27.4 Å². The van der Waals surface area contributed by atoms with Crippen LogP contribution < -0.4 is 18.9 Å². The second-order valence-electron chi connectivity index (χ2n) is 4.89. The highest BCUT2D eigenvalue weighted by Gasteiger charge is 2.11. The molecule has 4 heteroatoms. The number of hydrogen-bond donors (Lipinski definition) is 0. The van der Waals surface area contributed by atoms with Gasteiger partial charge in [-0.3, -0.25) is 0 Å². The molecule has 0 N–H and O–H groups in total. The van der Waals surface area contributed by atoms with Gasteiger partial charge in [-0.25, -0.2) is 0 Å². The summed E-state index contributed by atoms with van der Waals surface area (Å²) in [5.74, 6) is 2.77. The first kappa shape index (κ1) is 16.0. The van der Waals surface area contributed by atoms with Crippen molar-refractivity contribution >= 4 is 0 Å². The van der Waals surface area contributed by atoms with E-state index in [0.29, 0.717) is 30.5 Å². The number of hydrogen-bond acceptors (Lipinski definition) is 4. The Balaban J connectivity index is 1.96. The SMILES string of the molecule is COc1cccc(OC)c1OCCOc1cccc(C)c1C. The van der Waals surface area contributed by atoms with Gasteiger partial charge < -0.3 is 18.9 Å². The van der Waals surface area contributed by atoms with Gasteiger partial charge >= 0.3 is 0 Å². The van der Waals surface area contributed by atoms with Crippen LogP contribution in [0.15, 0.2) is 36.4 Å². The third kappa shape index (κ3) is 3.64. The van der Waals surface area contributed by atoms with E-state index in [2.05, 4.69) is 19.9 Å². The molecule has 118 valence electrons. The predicted molar refractivity (Wildman–Crippen MR) is 86.5 cm³/mol. The van der Waals surface area contributed by atoms with E-state index in [1.54, 1.807) is 14.2 Å². The number of rotatable bonds is 7. The molecule has 2 aromatic carbocycles. The summed E-state index contributed by atoms with van der Waals surface area (Å²) in [6, 6.07) is 11.6. The van der Waals surface area contributed by atoms with Crippen LogP contribution in [0.4, 0.5) is 0 Å². The minimum atomic E-state index is 0.407. The van der Waals surface area contributed by atoms with Crippen LogP contribution in [0.3, 0.4) is 0 Å². The molecule has 0 spiro atoms. The summed E-state index contributed by atoms with van der Waals surface area (Å²) in [6.45, 7) is 4.97. The van der Waals surface area contributed by atoms with E-state index in [9.17, 15) is 0 Å². The zero-order valence-corrected chi connectivity index (χ0v) is 13.5. The van der Waals surface area contributed by atoms with Gasteiger partial charge in [0, 0.05) is 0 Å². The second-order valence-corrected chi connectivity index (χ2v) is 4.89. The highest BCUT2D eigenvalue weighted by molar-refractivity contribution is 5.51. The standard InChI is InChI=1S/C18H22O4/c1-13-7-5-8-15(14(13)2)21-11-12-22-18-16(19-3)9-6-10-17(18)20-4/h5-10H,11-12H2,1-4H3. The fourth-order valence-electron chi connectivity index (χ4n) is 2.14. The maximum absolute atomic E-state index is 5.78. The molecule has 2 rings (SSSR count). The topological polar surface area (TPSA) is 36.9 Å². The lowest BCUT2D eigenvalue weighted by atomic mass is 10.1. The molecule has 4 nitrogen and oxygen atoms in total. The van der Waals surface area contributed by atoms with Crippen LogP contribution in [-0.2, 0) is 0 Å². The molecule has 0 heterocycles. The molecule has 0 amide bonds. The Kier molecular flexibility index (Phi) is 5.53. The molecular formula is C18H22O4. The van der Waals surface area contributed by atoms with Crippen molar-refractivity contribution in [2.45, 2.75) is 13.8 Å². The Morgan fingerprint density at radius 2 is 1.27 bits per heavy atom. The molecule has 0 saturated heterocycles. The molecule has 0 fully saturated rings. The lowest BCUT2D eigenvalue weighted by molar-refractivity contribution is 0.204. The summed E-state index contributed by atoms with van der Waals surface area (Å²) in [6.07, 6.45) is 0. The second kappa shape index (κ2) is 7.59. The highest BCUT2D eigenvalue weighted by atomic mass is 16.6. The van der Waals surface area contributed by atoms with Gasteiger partial charge in [0.25, 0.3) is 0 Å². The molecule has 0 aromatic heterocycles. The predicted octanol–water partition coefficient (Wildman–Crippen LogP) is 3.78. The molecule has 0 radical (unpaired) electrons. The fraction of sp³-hybridized carbons (Fsp3) is 0.333. The minimum Gasteiger partial charge on any atom is -0.493 e. The first-order valence-electron chi connectivity index (χ1n) is 7.20. The number of aryl methyl sites for hydroxylation is 1. The average Bonchev–Trinajstić information content (AvgIpc) is 2.55. The van der Waals surface area contributed by atoms with E-state index in [-0.39, 0.29) is 0 Å². The Hall–Kier alpha value is -2.36. The van der Waals surface area contributed by atoms with E-state index in [0.717, 1.165) is 11.3 Å². The van der Waals surface area contributed by atoms with Crippen molar-refractivity contribution in [1.29, 1.82) is 0 Å². The number of ether oxygens (including phenoxy) is 4. The van der Waals surface area contributed by atoms with Gasteiger partial charge in [-0.1, -0.05) is 18.2 Å². The van der Waals surface area contributed by atoms with Crippen molar-refractivity contribution in [3.8, 4) is 23.0 Å². The third-order valence-corrected chi connectivity index (χ3v) is 3.52. The molecule has 0 aliphatic heterocycles. The maximum atomic E-state index is 5.78. The summed E-state index contributed by atoms with van der Waals surface area (Å²) >= 11 is 0. The number of methoxy groups -OCH3 is 2. The van der Waals surface area contributed by atoms with E-state index >= 15 is 0 Å². The third-order valence-electron chi connectivity index (χ3n) is 3.52. The minimum absolute atomic E-state index is 0.407. The van der Waals surface area contributed by atoms with Crippen molar-refractivity contribution < 1.29 is 18.9 Å². The first-order chi connectivity index (χ1) is 10.7. The molecule has 2 aromatic rings.